The first-order valence-electron chi connectivity index (χ1n) is 6.39. The van der Waals surface area contributed by atoms with Crippen LogP contribution in [-0.2, 0) is 0 Å². The van der Waals surface area contributed by atoms with Crippen molar-refractivity contribution in [3.63, 3.8) is 0 Å². The number of rotatable bonds is 2. The van der Waals surface area contributed by atoms with E-state index in [-0.39, 0.29) is 11.5 Å². The number of carbonyl (C=O) groups is 2. The molecule has 0 aliphatic rings. The molecule has 0 radical (unpaired) electrons. The standard InChI is InChI=1S/C11H13NO3.C5H5N/c1-6-4-5-8(11(14)15)7(2)9(6)10(13)12-3;1-2-4-6-5-3-1/h4-5H,1-3H3,(H,12,13)(H,14,15);1-5H. The summed E-state index contributed by atoms with van der Waals surface area (Å²) in [5.74, 6) is -1.27. The highest BCUT2D eigenvalue weighted by Crippen LogP contribution is 2.18. The van der Waals surface area contributed by atoms with Crippen LogP contribution in [0.15, 0.2) is 42.7 Å². The van der Waals surface area contributed by atoms with Gasteiger partial charge in [0.25, 0.3) is 5.91 Å². The topological polar surface area (TPSA) is 79.3 Å². The third kappa shape index (κ3) is 4.42. The first-order chi connectivity index (χ1) is 9.99. The fourth-order valence-corrected chi connectivity index (χ4v) is 1.87. The first-order valence-corrected chi connectivity index (χ1v) is 6.39. The van der Waals surface area contributed by atoms with Crippen molar-refractivity contribution >= 4 is 11.9 Å². The van der Waals surface area contributed by atoms with Crippen LogP contribution in [0, 0.1) is 13.8 Å². The smallest absolute Gasteiger partial charge is 0.335 e. The molecule has 1 aromatic carbocycles. The molecule has 0 bridgehead atoms. The third-order valence-electron chi connectivity index (χ3n) is 2.92. The van der Waals surface area contributed by atoms with E-state index in [0.717, 1.165) is 5.56 Å². The predicted octanol–water partition coefficient (Wildman–Crippen LogP) is 2.44. The summed E-state index contributed by atoms with van der Waals surface area (Å²) >= 11 is 0. The van der Waals surface area contributed by atoms with Gasteiger partial charge >= 0.3 is 5.97 Å². The van der Waals surface area contributed by atoms with Crippen LogP contribution in [0.2, 0.25) is 0 Å². The number of pyridine rings is 1. The molecular weight excluding hydrogens is 268 g/mol. The van der Waals surface area contributed by atoms with E-state index in [2.05, 4.69) is 10.3 Å². The fraction of sp³-hybridized carbons (Fsp3) is 0.188. The molecular formula is C16H18N2O3. The summed E-state index contributed by atoms with van der Waals surface area (Å²) in [7, 11) is 1.52. The number of aromatic carboxylic acids is 1. The monoisotopic (exact) mass is 286 g/mol. The van der Waals surface area contributed by atoms with Crippen molar-refractivity contribution in [3.8, 4) is 0 Å². The van der Waals surface area contributed by atoms with Crippen LogP contribution in [0.4, 0.5) is 0 Å². The highest BCUT2D eigenvalue weighted by atomic mass is 16.4. The molecule has 1 amide bonds. The number of aromatic nitrogens is 1. The Morgan fingerprint density at radius 2 is 1.71 bits per heavy atom. The van der Waals surface area contributed by atoms with Gasteiger partial charge in [0.1, 0.15) is 0 Å². The molecule has 1 heterocycles. The van der Waals surface area contributed by atoms with Crippen molar-refractivity contribution in [2.24, 2.45) is 0 Å². The van der Waals surface area contributed by atoms with Crippen LogP contribution in [0.5, 0.6) is 0 Å². The lowest BCUT2D eigenvalue weighted by Crippen LogP contribution is -2.21. The average molecular weight is 286 g/mol. The number of hydrogen-bond acceptors (Lipinski definition) is 3. The summed E-state index contributed by atoms with van der Waals surface area (Å²) in [6.07, 6.45) is 3.50. The molecule has 21 heavy (non-hydrogen) atoms. The molecule has 2 N–H and O–H groups in total. The fourth-order valence-electron chi connectivity index (χ4n) is 1.87. The predicted molar refractivity (Wildman–Crippen MR) is 80.5 cm³/mol. The highest BCUT2D eigenvalue weighted by molar-refractivity contribution is 6.00. The maximum absolute atomic E-state index is 11.5. The average Bonchev–Trinajstić information content (AvgIpc) is 2.49. The molecule has 2 rings (SSSR count). The minimum atomic E-state index is -1.02. The lowest BCUT2D eigenvalue weighted by molar-refractivity contribution is 0.0696. The number of nitrogens with one attached hydrogen (secondary N) is 1. The van der Waals surface area contributed by atoms with Crippen molar-refractivity contribution in [1.29, 1.82) is 0 Å². The van der Waals surface area contributed by atoms with Gasteiger partial charge in [0.05, 0.1) is 5.56 Å². The Morgan fingerprint density at radius 3 is 2.10 bits per heavy atom. The summed E-state index contributed by atoms with van der Waals surface area (Å²) in [6.45, 7) is 3.42. The zero-order chi connectivity index (χ0) is 15.8. The quantitative estimate of drug-likeness (QED) is 0.888. The zero-order valence-electron chi connectivity index (χ0n) is 12.3. The van der Waals surface area contributed by atoms with Gasteiger partial charge in [-0.2, -0.15) is 0 Å². The molecule has 0 saturated carbocycles. The van der Waals surface area contributed by atoms with Gasteiger partial charge in [0, 0.05) is 25.0 Å². The molecule has 0 aliphatic carbocycles. The van der Waals surface area contributed by atoms with Gasteiger partial charge in [-0.1, -0.05) is 12.1 Å². The Morgan fingerprint density at radius 1 is 1.10 bits per heavy atom. The van der Waals surface area contributed by atoms with Crippen LogP contribution >= 0.6 is 0 Å². The van der Waals surface area contributed by atoms with Crippen LogP contribution in [0.3, 0.4) is 0 Å². The van der Waals surface area contributed by atoms with E-state index in [1.54, 1.807) is 32.3 Å². The van der Waals surface area contributed by atoms with Crippen molar-refractivity contribution in [2.45, 2.75) is 13.8 Å². The van der Waals surface area contributed by atoms with Gasteiger partial charge in [0.15, 0.2) is 0 Å². The zero-order valence-corrected chi connectivity index (χ0v) is 12.3. The maximum atomic E-state index is 11.5. The molecule has 5 heteroatoms. The van der Waals surface area contributed by atoms with Crippen molar-refractivity contribution < 1.29 is 14.7 Å². The largest absolute Gasteiger partial charge is 0.478 e. The number of amides is 1. The van der Waals surface area contributed by atoms with Crippen LogP contribution in [0.25, 0.3) is 0 Å². The lowest BCUT2D eigenvalue weighted by Gasteiger charge is -2.10. The number of carbonyl (C=O) groups excluding carboxylic acids is 1. The second-order valence-electron chi connectivity index (χ2n) is 4.34. The van der Waals surface area contributed by atoms with Gasteiger partial charge in [0.2, 0.25) is 0 Å². The second kappa shape index (κ2) is 7.79. The Balaban J connectivity index is 0.000000304. The minimum absolute atomic E-state index is 0.166. The molecule has 0 atom stereocenters. The normalized spacial score (nSPS) is 9.29. The van der Waals surface area contributed by atoms with E-state index in [1.165, 1.54) is 13.1 Å². The van der Waals surface area contributed by atoms with Gasteiger partial charge in [-0.15, -0.1) is 0 Å². The summed E-state index contributed by atoms with van der Waals surface area (Å²) in [5.41, 5.74) is 1.88. The molecule has 0 spiro atoms. The van der Waals surface area contributed by atoms with E-state index in [1.807, 2.05) is 18.2 Å². The van der Waals surface area contributed by atoms with Crippen LogP contribution in [0.1, 0.15) is 31.8 Å². The number of aryl methyl sites for hydroxylation is 1. The Labute approximate surface area is 123 Å². The SMILES string of the molecule is CNC(=O)c1c(C)ccc(C(=O)O)c1C.c1ccncc1. The second-order valence-corrected chi connectivity index (χ2v) is 4.34. The van der Waals surface area contributed by atoms with Gasteiger partial charge in [-0.05, 0) is 43.2 Å². The molecule has 2 aromatic rings. The minimum Gasteiger partial charge on any atom is -0.478 e. The molecule has 5 nitrogen and oxygen atoms in total. The van der Waals surface area contributed by atoms with Crippen LogP contribution < -0.4 is 5.32 Å². The van der Waals surface area contributed by atoms with Crippen molar-refractivity contribution in [3.05, 3.63) is 65.0 Å². The molecule has 0 saturated heterocycles. The summed E-state index contributed by atoms with van der Waals surface area (Å²) in [4.78, 5) is 26.2. The lowest BCUT2D eigenvalue weighted by atomic mass is 9.97. The summed E-state index contributed by atoms with van der Waals surface area (Å²) in [5, 5.41) is 11.4. The first kappa shape index (κ1) is 16.4. The summed E-state index contributed by atoms with van der Waals surface area (Å²) < 4.78 is 0. The molecule has 0 aliphatic heterocycles. The number of carboxylic acids is 1. The van der Waals surface area contributed by atoms with Gasteiger partial charge < -0.3 is 10.4 Å². The van der Waals surface area contributed by atoms with Gasteiger partial charge in [-0.3, -0.25) is 9.78 Å². The highest BCUT2D eigenvalue weighted by Gasteiger charge is 2.16. The van der Waals surface area contributed by atoms with E-state index in [9.17, 15) is 9.59 Å². The molecule has 0 unspecified atom stereocenters. The Hall–Kier alpha value is -2.69. The van der Waals surface area contributed by atoms with Gasteiger partial charge in [-0.25, -0.2) is 4.79 Å². The van der Waals surface area contributed by atoms with E-state index in [0.29, 0.717) is 11.1 Å². The summed E-state index contributed by atoms with van der Waals surface area (Å²) in [6, 6.07) is 8.87. The Kier molecular flexibility index (Phi) is 6.07. The van der Waals surface area contributed by atoms with Crippen molar-refractivity contribution in [1.82, 2.24) is 10.3 Å². The number of benzene rings is 1. The molecule has 0 fully saturated rings. The maximum Gasteiger partial charge on any atom is 0.335 e. The number of nitrogens with zero attached hydrogens (tertiary/aromatic N) is 1. The van der Waals surface area contributed by atoms with E-state index >= 15 is 0 Å². The van der Waals surface area contributed by atoms with Crippen LogP contribution in [-0.4, -0.2) is 29.0 Å². The van der Waals surface area contributed by atoms with E-state index in [4.69, 9.17) is 5.11 Å². The number of hydrogen-bond donors (Lipinski definition) is 2. The Bertz CT molecular complexity index is 598. The van der Waals surface area contributed by atoms with Crippen molar-refractivity contribution in [2.75, 3.05) is 7.05 Å². The number of carboxylic acid groups (broad SMARTS) is 1. The molecule has 1 aromatic heterocycles. The molecule has 110 valence electrons. The van der Waals surface area contributed by atoms with E-state index < -0.39 is 5.97 Å². The third-order valence-corrected chi connectivity index (χ3v) is 2.92.